The van der Waals surface area contributed by atoms with Gasteiger partial charge in [-0.25, -0.2) is 4.98 Å². The van der Waals surface area contributed by atoms with Crippen LogP contribution in [0.1, 0.15) is 42.4 Å². The number of nitrogens with one attached hydrogen (secondary N) is 2. The Morgan fingerprint density at radius 2 is 1.81 bits per heavy atom. The Hall–Kier alpha value is -1.91. The lowest BCUT2D eigenvalue weighted by atomic mass is 9.89. The van der Waals surface area contributed by atoms with Gasteiger partial charge in [0.25, 0.3) is 0 Å². The Balaban J connectivity index is 1.50. The molecule has 132 valence electrons. The van der Waals surface area contributed by atoms with E-state index >= 15 is 0 Å². The van der Waals surface area contributed by atoms with E-state index in [0.29, 0.717) is 6.04 Å². The molecule has 0 amide bonds. The zero-order chi connectivity index (χ0) is 17.5. The number of piperidine rings is 1. The number of aromatic nitrogens is 2. The van der Waals surface area contributed by atoms with Crippen LogP contribution in [0.15, 0.2) is 46.9 Å². The molecule has 1 aromatic heterocycles. The summed E-state index contributed by atoms with van der Waals surface area (Å²) in [5, 5.41) is 3.61. The summed E-state index contributed by atoms with van der Waals surface area (Å²) in [6.45, 7) is 1.10. The molecule has 3 nitrogen and oxygen atoms in total. The van der Waals surface area contributed by atoms with Crippen LogP contribution in [-0.4, -0.2) is 16.5 Å². The lowest BCUT2D eigenvalue weighted by Gasteiger charge is -2.21. The largest absolute Gasteiger partial charge is 0.344 e. The van der Waals surface area contributed by atoms with Crippen molar-refractivity contribution in [3.63, 3.8) is 0 Å². The van der Waals surface area contributed by atoms with E-state index in [1.807, 2.05) is 0 Å². The molecule has 1 atom stereocenters. The van der Waals surface area contributed by atoms with Crippen LogP contribution in [0, 0.1) is 0 Å². The van der Waals surface area contributed by atoms with E-state index < -0.39 is 0 Å². The van der Waals surface area contributed by atoms with E-state index in [4.69, 9.17) is 4.98 Å². The molecule has 1 aliphatic carbocycles. The van der Waals surface area contributed by atoms with Gasteiger partial charge in [0.15, 0.2) is 0 Å². The summed E-state index contributed by atoms with van der Waals surface area (Å²) in [4.78, 5) is 8.62. The number of hydrogen-bond acceptors (Lipinski definition) is 2. The smallest absolute Gasteiger partial charge is 0.124 e. The molecular weight excluding hydrogens is 386 g/mol. The van der Waals surface area contributed by atoms with Gasteiger partial charge in [-0.1, -0.05) is 52.7 Å². The molecule has 2 N–H and O–H groups in total. The summed E-state index contributed by atoms with van der Waals surface area (Å²) in [6, 6.07) is 15.7. The van der Waals surface area contributed by atoms with Crippen molar-refractivity contribution in [3.8, 4) is 22.4 Å². The Morgan fingerprint density at radius 1 is 0.962 bits per heavy atom. The average molecular weight is 408 g/mol. The van der Waals surface area contributed by atoms with Crippen molar-refractivity contribution >= 4 is 15.9 Å². The van der Waals surface area contributed by atoms with E-state index in [0.717, 1.165) is 35.4 Å². The Kier molecular flexibility index (Phi) is 4.18. The zero-order valence-corrected chi connectivity index (χ0v) is 16.3. The third-order valence-electron chi connectivity index (χ3n) is 5.62. The van der Waals surface area contributed by atoms with Gasteiger partial charge < -0.3 is 10.3 Å². The molecule has 0 radical (unpaired) electrons. The van der Waals surface area contributed by atoms with E-state index in [9.17, 15) is 0 Å². The van der Waals surface area contributed by atoms with Crippen molar-refractivity contribution in [1.29, 1.82) is 0 Å². The van der Waals surface area contributed by atoms with Crippen LogP contribution in [0.2, 0.25) is 0 Å². The number of H-pyrrole nitrogens is 1. The Labute approximate surface area is 162 Å². The predicted molar refractivity (Wildman–Crippen MR) is 109 cm³/mol. The third kappa shape index (κ3) is 2.91. The third-order valence-corrected chi connectivity index (χ3v) is 6.15. The molecule has 0 saturated carbocycles. The zero-order valence-electron chi connectivity index (χ0n) is 14.7. The number of hydrogen-bond donors (Lipinski definition) is 2. The topological polar surface area (TPSA) is 40.7 Å². The van der Waals surface area contributed by atoms with Gasteiger partial charge >= 0.3 is 0 Å². The number of benzene rings is 2. The highest BCUT2D eigenvalue weighted by Crippen LogP contribution is 2.36. The van der Waals surface area contributed by atoms with Gasteiger partial charge in [0.05, 0.1) is 11.7 Å². The Morgan fingerprint density at radius 3 is 2.62 bits per heavy atom. The number of nitrogens with zero attached hydrogens (tertiary/aromatic N) is 1. The van der Waals surface area contributed by atoms with Gasteiger partial charge in [-0.3, -0.25) is 0 Å². The molecule has 1 saturated heterocycles. The normalized spacial score (nSPS) is 19.0. The fraction of sp³-hybridized carbons (Fsp3) is 0.318. The number of imidazole rings is 1. The van der Waals surface area contributed by atoms with Crippen LogP contribution in [0.3, 0.4) is 0 Å². The maximum Gasteiger partial charge on any atom is 0.124 e. The summed E-state index contributed by atoms with van der Waals surface area (Å²) in [7, 11) is 0. The molecule has 2 heterocycles. The standard InChI is InChI=1S/C22H22BrN3/c23-17-8-4-14(5-9-17)15-6-10-18-16(13-15)7-11-19-21(18)26-22(25-19)20-3-1-2-12-24-20/h4-6,8-10,13,20,24H,1-3,7,11-12H2,(H,25,26)/t20-/m0/s1. The minimum absolute atomic E-state index is 0.389. The maximum atomic E-state index is 5.01. The van der Waals surface area contributed by atoms with Crippen LogP contribution in [-0.2, 0) is 12.8 Å². The predicted octanol–water partition coefficient (Wildman–Crippen LogP) is 5.42. The highest BCUT2D eigenvalue weighted by atomic mass is 79.9. The van der Waals surface area contributed by atoms with Crippen molar-refractivity contribution in [2.45, 2.75) is 38.1 Å². The molecule has 4 heteroatoms. The van der Waals surface area contributed by atoms with Crippen molar-refractivity contribution in [2.24, 2.45) is 0 Å². The molecule has 1 fully saturated rings. The van der Waals surface area contributed by atoms with E-state index in [2.05, 4.69) is 68.7 Å². The second-order valence-electron chi connectivity index (χ2n) is 7.33. The van der Waals surface area contributed by atoms with Crippen molar-refractivity contribution < 1.29 is 0 Å². The first-order valence-electron chi connectivity index (χ1n) is 9.49. The summed E-state index contributed by atoms with van der Waals surface area (Å²) >= 11 is 3.51. The quantitative estimate of drug-likeness (QED) is 0.595. The number of halogens is 1. The van der Waals surface area contributed by atoms with Crippen molar-refractivity contribution in [1.82, 2.24) is 15.3 Å². The lowest BCUT2D eigenvalue weighted by molar-refractivity contribution is 0.399. The number of rotatable bonds is 2. The number of aromatic amines is 1. The van der Waals surface area contributed by atoms with E-state index in [1.54, 1.807) is 0 Å². The highest BCUT2D eigenvalue weighted by molar-refractivity contribution is 9.10. The molecule has 1 aliphatic heterocycles. The number of aryl methyl sites for hydroxylation is 2. The van der Waals surface area contributed by atoms with Gasteiger partial charge in [0.1, 0.15) is 5.82 Å². The molecule has 2 aliphatic rings. The first-order valence-corrected chi connectivity index (χ1v) is 10.3. The summed E-state index contributed by atoms with van der Waals surface area (Å²) in [6.07, 6.45) is 5.87. The van der Waals surface area contributed by atoms with Crippen LogP contribution in [0.5, 0.6) is 0 Å². The Bertz CT molecular complexity index is 937. The van der Waals surface area contributed by atoms with Crippen LogP contribution in [0.25, 0.3) is 22.4 Å². The SMILES string of the molecule is Brc1ccc(-c2ccc3c(c2)CCc2[nH]c([C@@H]4CCCCN4)nc2-3)cc1. The minimum atomic E-state index is 0.389. The fourth-order valence-corrected chi connectivity index (χ4v) is 4.46. The van der Waals surface area contributed by atoms with Crippen LogP contribution < -0.4 is 5.32 Å². The lowest BCUT2D eigenvalue weighted by Crippen LogP contribution is -2.27. The first-order chi connectivity index (χ1) is 12.8. The summed E-state index contributed by atoms with van der Waals surface area (Å²) in [5.41, 5.74) is 7.71. The molecule has 26 heavy (non-hydrogen) atoms. The van der Waals surface area contributed by atoms with Gasteiger partial charge in [-0.05, 0) is 61.1 Å². The van der Waals surface area contributed by atoms with Gasteiger partial charge in [0.2, 0.25) is 0 Å². The molecule has 0 unspecified atom stereocenters. The van der Waals surface area contributed by atoms with E-state index in [-0.39, 0.29) is 0 Å². The average Bonchev–Trinajstić information content (AvgIpc) is 3.14. The molecule has 0 spiro atoms. The second-order valence-corrected chi connectivity index (χ2v) is 8.25. The van der Waals surface area contributed by atoms with E-state index in [1.165, 1.54) is 47.2 Å². The number of fused-ring (bicyclic) bond motifs is 3. The maximum absolute atomic E-state index is 5.01. The highest BCUT2D eigenvalue weighted by Gasteiger charge is 2.24. The minimum Gasteiger partial charge on any atom is -0.344 e. The molecule has 2 aromatic carbocycles. The molecular formula is C22H22BrN3. The molecule has 5 rings (SSSR count). The van der Waals surface area contributed by atoms with Gasteiger partial charge in [-0.2, -0.15) is 0 Å². The van der Waals surface area contributed by atoms with Crippen molar-refractivity contribution in [3.05, 3.63) is 64.0 Å². The first kappa shape index (κ1) is 16.3. The summed E-state index contributed by atoms with van der Waals surface area (Å²) in [5.74, 6) is 1.12. The monoisotopic (exact) mass is 407 g/mol. The molecule has 0 bridgehead atoms. The van der Waals surface area contributed by atoms with Crippen LogP contribution >= 0.6 is 15.9 Å². The van der Waals surface area contributed by atoms with Crippen molar-refractivity contribution in [2.75, 3.05) is 6.54 Å². The van der Waals surface area contributed by atoms with Gasteiger partial charge in [-0.15, -0.1) is 0 Å². The summed E-state index contributed by atoms with van der Waals surface area (Å²) < 4.78 is 1.12. The second kappa shape index (κ2) is 6.67. The van der Waals surface area contributed by atoms with Crippen LogP contribution in [0.4, 0.5) is 0 Å². The fourth-order valence-electron chi connectivity index (χ4n) is 4.20. The van der Waals surface area contributed by atoms with Gasteiger partial charge in [0, 0.05) is 15.7 Å². The molecule has 3 aromatic rings.